The van der Waals surface area contributed by atoms with E-state index < -0.39 is 17.9 Å². The van der Waals surface area contributed by atoms with Gasteiger partial charge >= 0.3 is 4.87 Å². The second kappa shape index (κ2) is 5.22. The first-order valence-corrected chi connectivity index (χ1v) is 7.06. The summed E-state index contributed by atoms with van der Waals surface area (Å²) in [5.74, 6) is -0.0703. The molecule has 4 N–H and O–H groups in total. The molecule has 2 aromatic heterocycles. The normalized spacial score (nSPS) is 25.7. The molecule has 0 spiro atoms. The van der Waals surface area contributed by atoms with Gasteiger partial charge in [0.05, 0.1) is 12.7 Å². The van der Waals surface area contributed by atoms with Crippen molar-refractivity contribution < 1.29 is 14.6 Å². The van der Waals surface area contributed by atoms with E-state index in [1.165, 1.54) is 11.7 Å². The number of hydrogen-bond acceptors (Lipinski definition) is 8. The van der Waals surface area contributed by atoms with Gasteiger partial charge in [-0.1, -0.05) is 11.3 Å². The van der Waals surface area contributed by atoms with Crippen LogP contribution in [0.5, 0.6) is 0 Å². The Hall–Kier alpha value is -1.75. The molecule has 0 amide bonds. The van der Waals surface area contributed by atoms with E-state index in [1.807, 2.05) is 0 Å². The molecule has 0 saturated carbocycles. The van der Waals surface area contributed by atoms with Crippen LogP contribution >= 0.6 is 11.3 Å². The van der Waals surface area contributed by atoms with E-state index >= 15 is 0 Å². The van der Waals surface area contributed by atoms with Crippen molar-refractivity contribution in [2.24, 2.45) is 0 Å². The lowest BCUT2D eigenvalue weighted by atomic mass is 10.2. The lowest BCUT2D eigenvalue weighted by molar-refractivity contribution is -0.0516. The zero-order chi connectivity index (χ0) is 15.1. The number of aromatic nitrogens is 3. The molecule has 0 aromatic carbocycles. The summed E-state index contributed by atoms with van der Waals surface area (Å²) in [6.07, 6.45) is -1.13. The second-order valence-electron chi connectivity index (χ2n) is 4.66. The molecule has 0 aliphatic carbocycles. The zero-order valence-electron chi connectivity index (χ0n) is 11.1. The highest BCUT2D eigenvalue weighted by atomic mass is 32.1. The molecule has 21 heavy (non-hydrogen) atoms. The molecular formula is C11H14N4O5S. The van der Waals surface area contributed by atoms with Crippen molar-refractivity contribution >= 4 is 27.6 Å². The van der Waals surface area contributed by atoms with Crippen molar-refractivity contribution in [3.05, 3.63) is 20.0 Å². The monoisotopic (exact) mass is 314 g/mol. The van der Waals surface area contributed by atoms with Crippen LogP contribution in [0.1, 0.15) is 12.6 Å². The van der Waals surface area contributed by atoms with Gasteiger partial charge in [0.2, 0.25) is 5.95 Å². The largest absolute Gasteiger partial charge is 0.394 e. The van der Waals surface area contributed by atoms with Crippen molar-refractivity contribution in [1.29, 1.82) is 0 Å². The number of methoxy groups -OCH3 is 1. The minimum Gasteiger partial charge on any atom is -0.394 e. The van der Waals surface area contributed by atoms with Gasteiger partial charge in [-0.3, -0.25) is 19.1 Å². The van der Waals surface area contributed by atoms with E-state index in [0.29, 0.717) is 6.42 Å². The number of rotatable bonds is 3. The Morgan fingerprint density at radius 2 is 2.38 bits per heavy atom. The number of fused-ring (bicyclic) bond motifs is 1. The molecule has 114 valence electrons. The molecule has 0 unspecified atom stereocenters. The van der Waals surface area contributed by atoms with Gasteiger partial charge in [-0.05, 0) is 0 Å². The van der Waals surface area contributed by atoms with Crippen LogP contribution in [0.15, 0.2) is 9.59 Å². The van der Waals surface area contributed by atoms with E-state index in [-0.39, 0.29) is 33.9 Å². The topological polar surface area (TPSA) is 132 Å². The van der Waals surface area contributed by atoms with Crippen molar-refractivity contribution in [2.45, 2.75) is 24.9 Å². The Labute approximate surface area is 121 Å². The molecule has 2 aromatic rings. The van der Waals surface area contributed by atoms with E-state index in [4.69, 9.17) is 15.2 Å². The van der Waals surface area contributed by atoms with Gasteiger partial charge in [-0.25, -0.2) is 0 Å². The van der Waals surface area contributed by atoms with Crippen LogP contribution < -0.4 is 16.2 Å². The maximum absolute atomic E-state index is 12.1. The van der Waals surface area contributed by atoms with Gasteiger partial charge in [0.15, 0.2) is 5.65 Å². The average molecular weight is 314 g/mol. The number of ether oxygens (including phenoxy) is 2. The highest BCUT2D eigenvalue weighted by molar-refractivity contribution is 7.16. The van der Waals surface area contributed by atoms with Crippen molar-refractivity contribution in [3.8, 4) is 0 Å². The second-order valence-corrected chi connectivity index (χ2v) is 5.63. The lowest BCUT2D eigenvalue weighted by Gasteiger charge is -2.13. The van der Waals surface area contributed by atoms with Gasteiger partial charge in [-0.15, -0.1) is 0 Å². The fraction of sp³-hybridized carbons (Fsp3) is 0.545. The highest BCUT2D eigenvalue weighted by Gasteiger charge is 2.37. The maximum Gasteiger partial charge on any atom is 0.311 e. The van der Waals surface area contributed by atoms with Crippen molar-refractivity contribution in [2.75, 3.05) is 19.5 Å². The first-order valence-electron chi connectivity index (χ1n) is 6.25. The lowest BCUT2D eigenvalue weighted by Crippen LogP contribution is -2.26. The molecule has 1 fully saturated rings. The molecule has 1 aliphatic heterocycles. The molecule has 3 heterocycles. The van der Waals surface area contributed by atoms with Crippen LogP contribution in [0.3, 0.4) is 0 Å². The van der Waals surface area contributed by atoms with Crippen molar-refractivity contribution in [1.82, 2.24) is 14.5 Å². The number of nitrogens with one attached hydrogen (secondary N) is 1. The fourth-order valence-corrected chi connectivity index (χ4v) is 3.33. The quantitative estimate of drug-likeness (QED) is 0.663. The molecule has 1 aliphatic rings. The minimum absolute atomic E-state index is 0.0703. The summed E-state index contributed by atoms with van der Waals surface area (Å²) in [6.45, 7) is -0.220. The fourth-order valence-electron chi connectivity index (χ4n) is 2.47. The summed E-state index contributed by atoms with van der Waals surface area (Å²) in [5, 5.41) is 9.27. The zero-order valence-corrected chi connectivity index (χ0v) is 11.9. The Kier molecular flexibility index (Phi) is 3.53. The Morgan fingerprint density at radius 1 is 1.62 bits per heavy atom. The number of aromatic amines is 1. The number of nitrogens with zero attached hydrogens (tertiary/aromatic N) is 2. The molecular weight excluding hydrogens is 300 g/mol. The molecule has 3 rings (SSSR count). The Bertz CT molecular complexity index is 769. The van der Waals surface area contributed by atoms with Crippen molar-refractivity contribution in [3.63, 3.8) is 0 Å². The summed E-state index contributed by atoms with van der Waals surface area (Å²) in [4.78, 5) is 29.9. The number of aliphatic hydroxyl groups is 1. The molecule has 1 saturated heterocycles. The van der Waals surface area contributed by atoms with Gasteiger partial charge in [0.1, 0.15) is 17.0 Å². The number of nitrogens with two attached hydrogens (primary N) is 1. The number of aliphatic hydroxyl groups excluding tert-OH is 1. The van der Waals surface area contributed by atoms with Crippen LogP contribution in [0, 0.1) is 0 Å². The summed E-state index contributed by atoms with van der Waals surface area (Å²) < 4.78 is 12.3. The van der Waals surface area contributed by atoms with Crippen LogP contribution in [0.25, 0.3) is 10.3 Å². The average Bonchev–Trinajstić information content (AvgIpc) is 2.98. The standard InChI is InChI=1S/C11H14N4O5S/c1-19-4-2-6(20-5(4)3-16)15-8-7(21-11(15)18)9(17)14-10(12)13-8/h4-6,16H,2-3H2,1H3,(H3,12,13,14,17)/t4-,5-,6-/m1/s1. The molecule has 9 nitrogen and oxygen atoms in total. The Balaban J connectivity index is 2.11. The number of nitrogen functional groups attached to an aromatic ring is 1. The van der Waals surface area contributed by atoms with E-state index in [1.54, 1.807) is 0 Å². The van der Waals surface area contributed by atoms with E-state index in [9.17, 15) is 14.7 Å². The third kappa shape index (κ3) is 2.25. The molecule has 10 heteroatoms. The minimum atomic E-state index is -0.651. The summed E-state index contributed by atoms with van der Waals surface area (Å²) in [7, 11) is 1.51. The molecule has 3 atom stereocenters. The predicted molar refractivity (Wildman–Crippen MR) is 75.3 cm³/mol. The van der Waals surface area contributed by atoms with Crippen LogP contribution in [-0.4, -0.2) is 45.6 Å². The van der Waals surface area contributed by atoms with Gasteiger partial charge in [0, 0.05) is 13.5 Å². The van der Waals surface area contributed by atoms with E-state index in [0.717, 1.165) is 11.3 Å². The number of H-pyrrole nitrogens is 1. The smallest absolute Gasteiger partial charge is 0.311 e. The third-order valence-corrected chi connectivity index (χ3v) is 4.39. The summed E-state index contributed by atoms with van der Waals surface area (Å²) in [6, 6.07) is 0. The third-order valence-electron chi connectivity index (χ3n) is 3.44. The molecule has 0 radical (unpaired) electrons. The summed E-state index contributed by atoms with van der Waals surface area (Å²) in [5.41, 5.74) is 5.25. The molecule has 0 bridgehead atoms. The van der Waals surface area contributed by atoms with Gasteiger partial charge in [0.25, 0.3) is 5.56 Å². The first kappa shape index (κ1) is 14.2. The van der Waals surface area contributed by atoms with Crippen LogP contribution in [0.2, 0.25) is 0 Å². The Morgan fingerprint density at radius 3 is 3.00 bits per heavy atom. The van der Waals surface area contributed by atoms with Crippen LogP contribution in [0.4, 0.5) is 5.95 Å². The van der Waals surface area contributed by atoms with Crippen LogP contribution in [-0.2, 0) is 9.47 Å². The van der Waals surface area contributed by atoms with E-state index in [2.05, 4.69) is 9.97 Å². The maximum atomic E-state index is 12.1. The predicted octanol–water partition coefficient (Wildman–Crippen LogP) is -0.977. The first-order chi connectivity index (χ1) is 10.0. The van der Waals surface area contributed by atoms with Gasteiger partial charge < -0.3 is 20.3 Å². The number of hydrogen-bond donors (Lipinski definition) is 3. The SMILES string of the molecule is CO[C@@H]1C[C@H](n2c(=O)sc3c(=O)[nH]c(N)nc32)O[C@@H]1CO. The number of anilines is 1. The number of thiazole rings is 1. The highest BCUT2D eigenvalue weighted by Crippen LogP contribution is 2.31. The summed E-state index contributed by atoms with van der Waals surface area (Å²) >= 11 is 0.781. The van der Waals surface area contributed by atoms with Gasteiger partial charge in [-0.2, -0.15) is 4.98 Å².